The molecule has 0 aliphatic heterocycles. The van der Waals surface area contributed by atoms with Gasteiger partial charge in [0.05, 0.1) is 21.7 Å². The van der Waals surface area contributed by atoms with Crippen molar-refractivity contribution >= 4 is 34.8 Å². The van der Waals surface area contributed by atoms with Crippen molar-refractivity contribution in [3.8, 4) is 16.9 Å². The van der Waals surface area contributed by atoms with Crippen LogP contribution < -0.4 is 0 Å². The number of aliphatic hydroxyl groups is 1. The molecule has 1 aromatic carbocycles. The van der Waals surface area contributed by atoms with E-state index >= 15 is 0 Å². The molecule has 2 N–H and O–H groups in total. The van der Waals surface area contributed by atoms with Gasteiger partial charge < -0.3 is 10.2 Å². The summed E-state index contributed by atoms with van der Waals surface area (Å²) in [4.78, 5) is 3.93. The molecule has 0 spiro atoms. The molecular formula is C12H8Cl3NO2. The molecule has 0 aliphatic rings. The van der Waals surface area contributed by atoms with Crippen LogP contribution in [-0.4, -0.2) is 15.2 Å². The van der Waals surface area contributed by atoms with Gasteiger partial charge in [-0.15, -0.1) is 0 Å². The molecule has 18 heavy (non-hydrogen) atoms. The van der Waals surface area contributed by atoms with E-state index in [1.54, 1.807) is 6.07 Å². The van der Waals surface area contributed by atoms with Gasteiger partial charge in [0.15, 0.2) is 0 Å². The lowest BCUT2D eigenvalue weighted by atomic mass is 10.1. The van der Waals surface area contributed by atoms with Crippen LogP contribution in [0.15, 0.2) is 24.4 Å². The Hall–Kier alpha value is -1.00. The monoisotopic (exact) mass is 303 g/mol. The maximum Gasteiger partial charge on any atom is 0.140 e. The lowest BCUT2D eigenvalue weighted by Gasteiger charge is -2.08. The normalized spacial score (nSPS) is 10.7. The first-order valence-electron chi connectivity index (χ1n) is 4.96. The number of aromatic nitrogens is 1. The van der Waals surface area contributed by atoms with Crippen LogP contribution in [0, 0.1) is 0 Å². The molecule has 0 saturated heterocycles. The Kier molecular flexibility index (Phi) is 3.97. The fourth-order valence-electron chi connectivity index (χ4n) is 1.49. The van der Waals surface area contributed by atoms with Gasteiger partial charge in [-0.1, -0.05) is 34.8 Å². The van der Waals surface area contributed by atoms with Crippen LogP contribution in [0.25, 0.3) is 11.1 Å². The molecule has 0 aliphatic carbocycles. The van der Waals surface area contributed by atoms with E-state index in [0.717, 1.165) is 0 Å². The predicted molar refractivity (Wildman–Crippen MR) is 72.3 cm³/mol. The van der Waals surface area contributed by atoms with Crippen molar-refractivity contribution in [1.29, 1.82) is 0 Å². The summed E-state index contributed by atoms with van der Waals surface area (Å²) in [5.41, 5.74) is 1.40. The minimum absolute atomic E-state index is 0.0999. The average Bonchev–Trinajstić information content (AvgIpc) is 2.33. The van der Waals surface area contributed by atoms with Crippen LogP contribution in [0.2, 0.25) is 15.1 Å². The van der Waals surface area contributed by atoms with Gasteiger partial charge in [-0.25, -0.2) is 0 Å². The Bertz CT molecular complexity index is 602. The lowest BCUT2D eigenvalue weighted by molar-refractivity contribution is 0.270. The molecule has 0 bridgehead atoms. The van der Waals surface area contributed by atoms with Crippen molar-refractivity contribution < 1.29 is 10.2 Å². The van der Waals surface area contributed by atoms with Gasteiger partial charge in [0.2, 0.25) is 0 Å². The van der Waals surface area contributed by atoms with Crippen molar-refractivity contribution in [3.05, 3.63) is 45.2 Å². The van der Waals surface area contributed by atoms with Crippen LogP contribution in [0.3, 0.4) is 0 Å². The van der Waals surface area contributed by atoms with Gasteiger partial charge in [0, 0.05) is 17.3 Å². The highest BCUT2D eigenvalue weighted by molar-refractivity contribution is 6.44. The number of aliphatic hydroxyl groups excluding tert-OH is 1. The topological polar surface area (TPSA) is 53.4 Å². The van der Waals surface area contributed by atoms with E-state index < -0.39 is 0 Å². The van der Waals surface area contributed by atoms with Gasteiger partial charge in [-0.2, -0.15) is 0 Å². The summed E-state index contributed by atoms with van der Waals surface area (Å²) >= 11 is 17.8. The van der Waals surface area contributed by atoms with E-state index in [1.165, 1.54) is 18.3 Å². The minimum atomic E-state index is -0.332. The Morgan fingerprint density at radius 1 is 1.00 bits per heavy atom. The van der Waals surface area contributed by atoms with Gasteiger partial charge in [-0.05, 0) is 18.2 Å². The highest BCUT2D eigenvalue weighted by atomic mass is 35.5. The number of nitrogens with zero attached hydrogens (tertiary/aromatic N) is 1. The summed E-state index contributed by atoms with van der Waals surface area (Å²) in [6.45, 7) is -0.332. The average molecular weight is 305 g/mol. The van der Waals surface area contributed by atoms with Crippen LogP contribution in [0.4, 0.5) is 0 Å². The third kappa shape index (κ3) is 2.54. The molecule has 1 aromatic heterocycles. The van der Waals surface area contributed by atoms with E-state index in [4.69, 9.17) is 39.9 Å². The summed E-state index contributed by atoms with van der Waals surface area (Å²) in [6, 6.07) is 4.59. The zero-order chi connectivity index (χ0) is 13.3. The molecule has 0 radical (unpaired) electrons. The van der Waals surface area contributed by atoms with Crippen LogP contribution >= 0.6 is 34.8 Å². The van der Waals surface area contributed by atoms with E-state index in [1.807, 2.05) is 0 Å². The number of aromatic hydroxyl groups is 1. The number of benzene rings is 1. The second-order valence-electron chi connectivity index (χ2n) is 3.59. The maximum atomic E-state index is 9.64. The number of hydrogen-bond donors (Lipinski definition) is 2. The minimum Gasteiger partial charge on any atom is -0.506 e. The van der Waals surface area contributed by atoms with Gasteiger partial charge in [0.25, 0.3) is 0 Å². The Morgan fingerprint density at radius 3 is 2.28 bits per heavy atom. The fourth-order valence-corrected chi connectivity index (χ4v) is 2.15. The summed E-state index contributed by atoms with van der Waals surface area (Å²) in [5.74, 6) is -0.0999. The van der Waals surface area contributed by atoms with Crippen molar-refractivity contribution in [2.45, 2.75) is 6.61 Å². The molecular weight excluding hydrogens is 296 g/mol. The van der Waals surface area contributed by atoms with Crippen molar-refractivity contribution in [2.75, 3.05) is 0 Å². The lowest BCUT2D eigenvalue weighted by Crippen LogP contribution is -1.91. The Morgan fingerprint density at radius 2 is 1.67 bits per heavy atom. The maximum absolute atomic E-state index is 9.64. The zero-order valence-electron chi connectivity index (χ0n) is 8.99. The SMILES string of the molecule is OCc1ncc(-c2cc(Cl)c(Cl)cc2Cl)cc1O. The fraction of sp³-hybridized carbons (Fsp3) is 0.0833. The van der Waals surface area contributed by atoms with Crippen molar-refractivity contribution in [2.24, 2.45) is 0 Å². The second kappa shape index (κ2) is 5.33. The standard InChI is InChI=1S/C12H8Cl3NO2/c13-8-3-10(15)9(14)2-7(8)6-1-12(18)11(5-17)16-4-6/h1-4,17-18H,5H2. The van der Waals surface area contributed by atoms with Crippen LogP contribution in [0.1, 0.15) is 5.69 Å². The largest absolute Gasteiger partial charge is 0.506 e. The summed E-state index contributed by atoms with van der Waals surface area (Å²) in [6.07, 6.45) is 1.50. The number of pyridine rings is 1. The summed E-state index contributed by atoms with van der Waals surface area (Å²) < 4.78 is 0. The molecule has 1 heterocycles. The predicted octanol–water partition coefficient (Wildman–Crippen LogP) is 3.91. The highest BCUT2D eigenvalue weighted by Crippen LogP contribution is 2.36. The number of rotatable bonds is 2. The molecule has 2 aromatic rings. The Labute approximate surface area is 119 Å². The van der Waals surface area contributed by atoms with Crippen LogP contribution in [0.5, 0.6) is 5.75 Å². The molecule has 0 atom stereocenters. The van der Waals surface area contributed by atoms with Crippen molar-refractivity contribution in [3.63, 3.8) is 0 Å². The molecule has 0 unspecified atom stereocenters. The number of halogens is 3. The third-order valence-corrected chi connectivity index (χ3v) is 3.45. The smallest absolute Gasteiger partial charge is 0.140 e. The second-order valence-corrected chi connectivity index (χ2v) is 4.82. The molecule has 0 saturated carbocycles. The van der Waals surface area contributed by atoms with Gasteiger partial charge >= 0.3 is 0 Å². The Balaban J connectivity index is 2.55. The first-order chi connectivity index (χ1) is 8.52. The molecule has 2 rings (SSSR count). The summed E-state index contributed by atoms with van der Waals surface area (Å²) in [5, 5.41) is 19.7. The zero-order valence-corrected chi connectivity index (χ0v) is 11.3. The molecule has 0 amide bonds. The van der Waals surface area contributed by atoms with E-state index in [9.17, 15) is 5.11 Å². The molecule has 3 nitrogen and oxygen atoms in total. The van der Waals surface area contributed by atoms with Gasteiger partial charge in [0.1, 0.15) is 11.4 Å². The van der Waals surface area contributed by atoms with E-state index in [0.29, 0.717) is 26.2 Å². The van der Waals surface area contributed by atoms with Crippen LogP contribution in [-0.2, 0) is 6.61 Å². The molecule has 6 heteroatoms. The highest BCUT2D eigenvalue weighted by Gasteiger charge is 2.11. The number of hydrogen-bond acceptors (Lipinski definition) is 3. The van der Waals surface area contributed by atoms with Crippen molar-refractivity contribution in [1.82, 2.24) is 4.98 Å². The quantitative estimate of drug-likeness (QED) is 0.827. The molecule has 94 valence electrons. The first-order valence-corrected chi connectivity index (χ1v) is 6.10. The summed E-state index contributed by atoms with van der Waals surface area (Å²) in [7, 11) is 0. The van der Waals surface area contributed by atoms with Gasteiger partial charge in [-0.3, -0.25) is 4.98 Å². The molecule has 0 fully saturated rings. The van der Waals surface area contributed by atoms with E-state index in [2.05, 4.69) is 4.98 Å². The third-order valence-electron chi connectivity index (χ3n) is 2.42. The van der Waals surface area contributed by atoms with E-state index in [-0.39, 0.29) is 18.1 Å². The first kappa shape index (κ1) is 13.4.